The molecule has 148 valence electrons. The van der Waals surface area contributed by atoms with Gasteiger partial charge in [-0.3, -0.25) is 9.36 Å². The van der Waals surface area contributed by atoms with Crippen LogP contribution in [0.15, 0.2) is 113 Å². The van der Waals surface area contributed by atoms with E-state index < -0.39 is 0 Å². The van der Waals surface area contributed by atoms with E-state index in [1.807, 2.05) is 54.6 Å². The number of hydrogen-bond donors (Lipinski definition) is 0. The predicted octanol–water partition coefficient (Wildman–Crippen LogP) is 6.25. The van der Waals surface area contributed by atoms with Crippen molar-refractivity contribution >= 4 is 22.7 Å². The average Bonchev–Trinajstić information content (AvgIpc) is 3.14. The van der Waals surface area contributed by atoms with E-state index in [0.717, 1.165) is 11.2 Å². The number of hydrogen-bond acceptors (Lipinski definition) is 3. The van der Waals surface area contributed by atoms with Gasteiger partial charge in [-0.15, -0.1) is 0 Å². The number of benzene rings is 4. The molecule has 6 rings (SSSR count). The Kier molecular flexibility index (Phi) is 4.25. The van der Waals surface area contributed by atoms with Crippen molar-refractivity contribution in [2.24, 2.45) is 0 Å². The number of nitrogens with zero attached hydrogens (tertiary/aromatic N) is 2. The summed E-state index contributed by atoms with van der Waals surface area (Å²) in [6.07, 6.45) is 0. The zero-order valence-corrected chi connectivity index (χ0v) is 17.4. The summed E-state index contributed by atoms with van der Waals surface area (Å²) >= 11 is 1.64. The van der Waals surface area contributed by atoms with Gasteiger partial charge in [0.1, 0.15) is 0 Å². The molecule has 1 heterocycles. The first-order valence-corrected chi connectivity index (χ1v) is 11.1. The fourth-order valence-electron chi connectivity index (χ4n) is 4.34. The zero-order valence-electron chi connectivity index (χ0n) is 16.6. The van der Waals surface area contributed by atoms with E-state index in [9.17, 15) is 4.79 Å². The van der Waals surface area contributed by atoms with Gasteiger partial charge in [0, 0.05) is 0 Å². The van der Waals surface area contributed by atoms with Crippen LogP contribution >= 0.6 is 11.8 Å². The van der Waals surface area contributed by atoms with Crippen LogP contribution in [-0.2, 0) is 0 Å². The van der Waals surface area contributed by atoms with Crippen molar-refractivity contribution in [3.63, 3.8) is 0 Å². The molecule has 0 N–H and O–H groups in total. The molecule has 1 aliphatic carbocycles. The number of rotatable bonds is 3. The van der Waals surface area contributed by atoms with E-state index >= 15 is 0 Å². The maximum Gasteiger partial charge on any atom is 0.266 e. The average molecular weight is 419 g/mol. The summed E-state index contributed by atoms with van der Waals surface area (Å²) in [6.45, 7) is 0. The lowest BCUT2D eigenvalue weighted by Crippen LogP contribution is -2.22. The molecule has 0 bridgehead atoms. The highest BCUT2D eigenvalue weighted by atomic mass is 32.2. The highest BCUT2D eigenvalue weighted by Gasteiger charge is 2.30. The lowest BCUT2D eigenvalue weighted by atomic mass is 10.1. The van der Waals surface area contributed by atoms with Gasteiger partial charge >= 0.3 is 0 Å². The number of aromatic nitrogens is 2. The van der Waals surface area contributed by atoms with Crippen LogP contribution in [0, 0.1) is 0 Å². The maximum atomic E-state index is 13.5. The topological polar surface area (TPSA) is 34.9 Å². The lowest BCUT2D eigenvalue weighted by Gasteiger charge is -2.17. The molecule has 0 spiro atoms. The van der Waals surface area contributed by atoms with Crippen molar-refractivity contribution in [1.82, 2.24) is 9.55 Å². The van der Waals surface area contributed by atoms with Gasteiger partial charge < -0.3 is 0 Å². The standard InChI is InChI=1S/C27H18N2OS/c30-26-23-16-8-9-17-24(23)28-27(29(26)18-10-2-1-3-11-18)31-25-21-14-6-4-12-19(21)20-13-5-7-15-22(20)25/h1-17,25H. The van der Waals surface area contributed by atoms with Crippen LogP contribution in [-0.4, -0.2) is 9.55 Å². The molecule has 4 aromatic carbocycles. The Bertz CT molecular complexity index is 1450. The van der Waals surface area contributed by atoms with Gasteiger partial charge in [0.25, 0.3) is 5.56 Å². The van der Waals surface area contributed by atoms with Crippen molar-refractivity contribution < 1.29 is 0 Å². The molecule has 4 heteroatoms. The maximum absolute atomic E-state index is 13.5. The summed E-state index contributed by atoms with van der Waals surface area (Å²) < 4.78 is 1.75. The quantitative estimate of drug-likeness (QED) is 0.325. The summed E-state index contributed by atoms with van der Waals surface area (Å²) in [7, 11) is 0. The van der Waals surface area contributed by atoms with Crippen LogP contribution in [0.3, 0.4) is 0 Å². The van der Waals surface area contributed by atoms with Gasteiger partial charge in [-0.05, 0) is 46.5 Å². The summed E-state index contributed by atoms with van der Waals surface area (Å²) in [5.74, 6) is 0. The molecule has 5 aromatic rings. The molecule has 0 radical (unpaired) electrons. The van der Waals surface area contributed by atoms with Gasteiger partial charge in [-0.1, -0.05) is 90.6 Å². The molecule has 3 nitrogen and oxygen atoms in total. The number of para-hydroxylation sites is 2. The molecule has 0 amide bonds. The van der Waals surface area contributed by atoms with Crippen molar-refractivity contribution in [1.29, 1.82) is 0 Å². The highest BCUT2D eigenvalue weighted by Crippen LogP contribution is 2.51. The number of thioether (sulfide) groups is 1. The molecule has 0 fully saturated rings. The summed E-state index contributed by atoms with van der Waals surface area (Å²) in [4.78, 5) is 18.5. The second-order valence-electron chi connectivity index (χ2n) is 7.56. The predicted molar refractivity (Wildman–Crippen MR) is 127 cm³/mol. The monoisotopic (exact) mass is 418 g/mol. The Morgan fingerprint density at radius 3 is 1.97 bits per heavy atom. The van der Waals surface area contributed by atoms with Crippen LogP contribution in [0.2, 0.25) is 0 Å². The molecule has 1 aromatic heterocycles. The normalized spacial score (nSPS) is 12.6. The minimum atomic E-state index is -0.0427. The van der Waals surface area contributed by atoms with Gasteiger partial charge in [0.05, 0.1) is 21.8 Å². The molecule has 0 aliphatic heterocycles. The van der Waals surface area contributed by atoms with E-state index in [1.165, 1.54) is 22.3 Å². The zero-order chi connectivity index (χ0) is 20.8. The van der Waals surface area contributed by atoms with Crippen molar-refractivity contribution in [3.05, 3.63) is 125 Å². The summed E-state index contributed by atoms with van der Waals surface area (Å²) in [6, 6.07) is 34.4. The van der Waals surface area contributed by atoms with Crippen molar-refractivity contribution in [2.75, 3.05) is 0 Å². The van der Waals surface area contributed by atoms with E-state index in [-0.39, 0.29) is 10.8 Å². The number of fused-ring (bicyclic) bond motifs is 4. The summed E-state index contributed by atoms with van der Waals surface area (Å²) in [5, 5.41) is 1.41. The molecule has 0 atom stereocenters. The molecular weight excluding hydrogens is 400 g/mol. The smallest absolute Gasteiger partial charge is 0.266 e. The van der Waals surface area contributed by atoms with Crippen LogP contribution < -0.4 is 5.56 Å². The van der Waals surface area contributed by atoms with Gasteiger partial charge in [-0.2, -0.15) is 0 Å². The second kappa shape index (κ2) is 7.25. The molecule has 31 heavy (non-hydrogen) atoms. The Morgan fingerprint density at radius 1 is 0.677 bits per heavy atom. The van der Waals surface area contributed by atoms with Gasteiger partial charge in [0.2, 0.25) is 0 Å². The van der Waals surface area contributed by atoms with Crippen LogP contribution in [0.5, 0.6) is 0 Å². The molecular formula is C27H18N2OS. The third-order valence-corrected chi connectivity index (χ3v) is 6.99. The van der Waals surface area contributed by atoms with Gasteiger partial charge in [0.15, 0.2) is 5.16 Å². The first-order chi connectivity index (χ1) is 15.3. The van der Waals surface area contributed by atoms with Crippen molar-refractivity contribution in [2.45, 2.75) is 10.4 Å². The third kappa shape index (κ3) is 2.91. The van der Waals surface area contributed by atoms with E-state index in [2.05, 4.69) is 48.5 Å². The molecule has 1 aliphatic rings. The first kappa shape index (κ1) is 18.2. The Balaban J connectivity index is 1.59. The Morgan fingerprint density at radius 2 is 1.26 bits per heavy atom. The molecule has 0 saturated carbocycles. The van der Waals surface area contributed by atoms with Crippen LogP contribution in [0.4, 0.5) is 0 Å². The fraction of sp³-hybridized carbons (Fsp3) is 0.0370. The largest absolute Gasteiger partial charge is 0.268 e. The highest BCUT2D eigenvalue weighted by molar-refractivity contribution is 7.99. The molecule has 0 saturated heterocycles. The third-order valence-electron chi connectivity index (χ3n) is 5.76. The van der Waals surface area contributed by atoms with Crippen LogP contribution in [0.1, 0.15) is 16.4 Å². The fourth-order valence-corrected chi connectivity index (χ4v) is 5.66. The lowest BCUT2D eigenvalue weighted by molar-refractivity contribution is 0.817. The van der Waals surface area contributed by atoms with E-state index in [1.54, 1.807) is 16.3 Å². The minimum Gasteiger partial charge on any atom is -0.268 e. The van der Waals surface area contributed by atoms with E-state index in [4.69, 9.17) is 4.98 Å². The van der Waals surface area contributed by atoms with Crippen molar-refractivity contribution in [3.8, 4) is 16.8 Å². The second-order valence-corrected chi connectivity index (χ2v) is 8.63. The first-order valence-electron chi connectivity index (χ1n) is 10.2. The molecule has 0 unspecified atom stereocenters. The minimum absolute atomic E-state index is 0.0427. The van der Waals surface area contributed by atoms with Gasteiger partial charge in [-0.25, -0.2) is 4.98 Å². The van der Waals surface area contributed by atoms with Crippen LogP contribution in [0.25, 0.3) is 27.7 Å². The Labute approximate surface area is 184 Å². The summed E-state index contributed by atoms with van der Waals surface area (Å²) in [5.41, 5.74) is 6.54. The SMILES string of the molecule is O=c1c2ccccc2nc(SC2c3ccccc3-c3ccccc32)n1-c1ccccc1. The Hall–Kier alpha value is -3.63. The van der Waals surface area contributed by atoms with E-state index in [0.29, 0.717) is 10.5 Å².